The van der Waals surface area contributed by atoms with Gasteiger partial charge in [-0.3, -0.25) is 0 Å². The maximum atomic E-state index is 5.73. The van der Waals surface area contributed by atoms with Crippen LogP contribution in [0.1, 0.15) is 94.6 Å². The van der Waals surface area contributed by atoms with Gasteiger partial charge in [-0.15, -0.1) is 0 Å². The van der Waals surface area contributed by atoms with Crippen molar-refractivity contribution in [2.24, 2.45) is 17.8 Å². The molecule has 0 atom stereocenters. The maximum absolute atomic E-state index is 5.73. The molecule has 0 spiro atoms. The van der Waals surface area contributed by atoms with E-state index in [1.807, 2.05) is 0 Å². The average Bonchev–Trinajstić information content (AvgIpc) is 2.69. The van der Waals surface area contributed by atoms with Gasteiger partial charge in [0.25, 0.3) is 0 Å². The van der Waals surface area contributed by atoms with Crippen molar-refractivity contribution in [1.82, 2.24) is 0 Å². The fourth-order valence-corrected chi connectivity index (χ4v) is 5.48. The molecule has 1 aromatic rings. The molecule has 0 unspecified atom stereocenters. The first-order chi connectivity index (χ1) is 12.8. The van der Waals surface area contributed by atoms with E-state index in [1.165, 1.54) is 82.6 Å². The van der Waals surface area contributed by atoms with Crippen LogP contribution in [0.4, 0.5) is 0 Å². The molecule has 0 radical (unpaired) electrons. The predicted molar refractivity (Wildman–Crippen MR) is 115 cm³/mol. The van der Waals surface area contributed by atoms with Crippen LogP contribution in [0.2, 0.25) is 0 Å². The van der Waals surface area contributed by atoms with Gasteiger partial charge in [0.2, 0.25) is 0 Å². The Balaban J connectivity index is 1.36. The Morgan fingerprint density at radius 1 is 0.846 bits per heavy atom. The van der Waals surface area contributed by atoms with Gasteiger partial charge in [-0.2, -0.15) is 0 Å². The lowest BCUT2D eigenvalue weighted by Crippen LogP contribution is -2.17. The average molecular weight is 373 g/mol. The van der Waals surface area contributed by atoms with Gasteiger partial charge in [0, 0.05) is 5.54 Å². The summed E-state index contributed by atoms with van der Waals surface area (Å²) in [6, 6.07) is 9.54. The summed E-state index contributed by atoms with van der Waals surface area (Å²) < 4.78 is 0. The number of hydrogen-bond acceptors (Lipinski definition) is 0. The predicted octanol–water partition coefficient (Wildman–Crippen LogP) is 8.25. The van der Waals surface area contributed by atoms with Gasteiger partial charge in [-0.25, -0.2) is 0 Å². The zero-order valence-corrected chi connectivity index (χ0v) is 17.4. The zero-order valence-electron chi connectivity index (χ0n) is 16.6. The first-order valence-corrected chi connectivity index (χ1v) is 11.6. The smallest absolute Gasteiger partial charge is 0.000525 e. The molecule has 1 aromatic carbocycles. The summed E-state index contributed by atoms with van der Waals surface area (Å²) in [6.45, 7) is 2.26. The number of hydrogen-bond donors (Lipinski definition) is 0. The molecule has 0 nitrogen and oxygen atoms in total. The zero-order chi connectivity index (χ0) is 18.2. The summed E-state index contributed by atoms with van der Waals surface area (Å²) in [7, 11) is 0. The van der Waals surface area contributed by atoms with Crippen LogP contribution in [-0.4, -0.2) is 0 Å². The highest BCUT2D eigenvalue weighted by Gasteiger charge is 2.24. The second-order valence-electron chi connectivity index (χ2n) is 8.89. The fraction of sp³-hybridized carbons (Fsp3) is 0.680. The molecule has 0 heterocycles. The van der Waals surface area contributed by atoms with Crippen molar-refractivity contribution in [2.75, 3.05) is 0 Å². The highest BCUT2D eigenvalue weighted by molar-refractivity contribution is 6.25. The maximum Gasteiger partial charge on any atom is 0.000525 e. The van der Waals surface area contributed by atoms with Gasteiger partial charge >= 0.3 is 0 Å². The Labute approximate surface area is 166 Å². The first-order valence-electron chi connectivity index (χ1n) is 11.1. The van der Waals surface area contributed by atoms with Crippen molar-refractivity contribution < 1.29 is 0 Å². The molecule has 2 aliphatic rings. The minimum atomic E-state index is 0.753. The van der Waals surface area contributed by atoms with Gasteiger partial charge in [0.1, 0.15) is 0 Å². The molecule has 0 aliphatic heterocycles. The molecule has 2 fully saturated rings. The molecule has 0 amide bonds. The third-order valence-corrected chi connectivity index (χ3v) is 7.20. The van der Waals surface area contributed by atoms with Crippen LogP contribution in [0, 0.1) is 17.8 Å². The van der Waals surface area contributed by atoms with Crippen molar-refractivity contribution in [3.63, 3.8) is 0 Å². The number of aryl methyl sites for hydroxylation is 1. The molecule has 3 rings (SSSR count). The number of halogens is 1. The van der Waals surface area contributed by atoms with Crippen LogP contribution in [0.15, 0.2) is 35.9 Å². The largest absolute Gasteiger partial charge is 0.0933 e. The number of allylic oxidation sites excluding steroid dienone is 1. The topological polar surface area (TPSA) is 0 Å². The van der Waals surface area contributed by atoms with Crippen LogP contribution in [0.25, 0.3) is 0 Å². The van der Waals surface area contributed by atoms with Crippen LogP contribution >= 0.6 is 11.6 Å². The number of rotatable bonds is 7. The molecule has 144 valence electrons. The third-order valence-electron chi connectivity index (χ3n) is 7.06. The highest BCUT2D eigenvalue weighted by Crippen LogP contribution is 2.40. The molecule has 2 aliphatic carbocycles. The van der Waals surface area contributed by atoms with E-state index in [1.54, 1.807) is 11.1 Å². The van der Waals surface area contributed by atoms with E-state index in [0.717, 1.165) is 23.7 Å². The van der Waals surface area contributed by atoms with Crippen molar-refractivity contribution in [3.05, 3.63) is 47.0 Å². The Hall–Kier alpha value is -0.750. The lowest BCUT2D eigenvalue weighted by molar-refractivity contribution is 0.246. The normalized spacial score (nSPS) is 29.9. The Bertz CT molecular complexity index is 528. The molecule has 0 bridgehead atoms. The minimum Gasteiger partial charge on any atom is -0.0933 e. The summed E-state index contributed by atoms with van der Waals surface area (Å²) in [4.78, 5) is 0. The van der Waals surface area contributed by atoms with E-state index >= 15 is 0 Å². The molecular weight excluding hydrogens is 336 g/mol. The third kappa shape index (κ3) is 5.88. The fourth-order valence-electron chi connectivity index (χ4n) is 5.27. The van der Waals surface area contributed by atoms with Crippen LogP contribution < -0.4 is 0 Å². The molecular formula is C25H37Cl. The van der Waals surface area contributed by atoms with Crippen molar-refractivity contribution in [3.8, 4) is 0 Å². The second-order valence-corrected chi connectivity index (χ2v) is 9.14. The van der Waals surface area contributed by atoms with Crippen LogP contribution in [-0.2, 0) is 6.42 Å². The van der Waals surface area contributed by atoms with Gasteiger partial charge in [-0.05, 0) is 92.6 Å². The van der Waals surface area contributed by atoms with E-state index < -0.39 is 0 Å². The monoisotopic (exact) mass is 372 g/mol. The summed E-state index contributed by atoms with van der Waals surface area (Å²) >= 11 is 5.73. The first kappa shape index (κ1) is 20.0. The van der Waals surface area contributed by atoms with Crippen LogP contribution in [0.3, 0.4) is 0 Å². The van der Waals surface area contributed by atoms with E-state index in [4.69, 9.17) is 11.6 Å². The lowest BCUT2D eigenvalue weighted by Gasteiger charge is -2.31. The molecule has 0 saturated heterocycles. The molecule has 2 saturated carbocycles. The summed E-state index contributed by atoms with van der Waals surface area (Å²) in [6.07, 6.45) is 18.9. The van der Waals surface area contributed by atoms with Crippen molar-refractivity contribution in [1.29, 1.82) is 0 Å². The van der Waals surface area contributed by atoms with E-state index in [9.17, 15) is 0 Å². The Morgan fingerprint density at radius 3 is 1.96 bits per heavy atom. The van der Waals surface area contributed by atoms with Gasteiger partial charge in [0.05, 0.1) is 0 Å². The Kier molecular flexibility index (Phi) is 8.11. The van der Waals surface area contributed by atoms with E-state index in [0.29, 0.717) is 0 Å². The SMILES string of the molecule is CCCc1ccc(C2CCC(CCC3CCC(C=CCl)CC3)CC2)cc1. The summed E-state index contributed by atoms with van der Waals surface area (Å²) in [5.41, 5.74) is 4.82. The standard InChI is InChI=1S/C25H37Cl/c1-2-3-20-10-14-24(15-11-20)25-16-12-22(13-17-25)5-4-21-6-8-23(9-7-21)18-19-26/h10-11,14-15,18-19,21-23,25H,2-9,12-13,16-17H2,1H3. The van der Waals surface area contributed by atoms with Crippen molar-refractivity contribution >= 4 is 11.6 Å². The minimum absolute atomic E-state index is 0.753. The van der Waals surface area contributed by atoms with Gasteiger partial charge in [-0.1, -0.05) is 68.1 Å². The van der Waals surface area contributed by atoms with E-state index in [2.05, 4.69) is 37.3 Å². The van der Waals surface area contributed by atoms with Crippen molar-refractivity contribution in [2.45, 2.75) is 89.9 Å². The highest BCUT2D eigenvalue weighted by atomic mass is 35.5. The molecule has 26 heavy (non-hydrogen) atoms. The molecule has 0 aromatic heterocycles. The number of benzene rings is 1. The Morgan fingerprint density at radius 2 is 1.42 bits per heavy atom. The second kappa shape index (κ2) is 10.5. The summed E-state index contributed by atoms with van der Waals surface area (Å²) in [5, 5.41) is 0. The molecule has 1 heteroatoms. The summed E-state index contributed by atoms with van der Waals surface area (Å²) in [5.74, 6) is 3.55. The van der Waals surface area contributed by atoms with E-state index in [-0.39, 0.29) is 0 Å². The quantitative estimate of drug-likeness (QED) is 0.451. The van der Waals surface area contributed by atoms with Crippen LogP contribution in [0.5, 0.6) is 0 Å². The molecule has 0 N–H and O–H groups in total. The lowest BCUT2D eigenvalue weighted by atomic mass is 9.74. The van der Waals surface area contributed by atoms with Gasteiger partial charge < -0.3 is 0 Å². The van der Waals surface area contributed by atoms with Gasteiger partial charge in [0.15, 0.2) is 0 Å².